The molecule has 0 spiro atoms. The first-order valence-corrected chi connectivity index (χ1v) is 6.07. The average molecular weight is 213 g/mol. The predicted molar refractivity (Wildman–Crippen MR) is 60.7 cm³/mol. The molecule has 15 heavy (non-hydrogen) atoms. The molecule has 0 aliphatic carbocycles. The van der Waals surface area contributed by atoms with Crippen LogP contribution in [0.2, 0.25) is 0 Å². The van der Waals surface area contributed by atoms with Crippen LogP contribution in [0.1, 0.15) is 46.5 Å². The van der Waals surface area contributed by atoms with E-state index in [-0.39, 0.29) is 12.1 Å². The van der Waals surface area contributed by atoms with E-state index in [1.54, 1.807) is 0 Å². The van der Waals surface area contributed by atoms with Crippen LogP contribution in [0, 0.1) is 0 Å². The second kappa shape index (κ2) is 6.11. The molecule has 3 nitrogen and oxygen atoms in total. The summed E-state index contributed by atoms with van der Waals surface area (Å²) in [5.41, 5.74) is 0. The molecule has 1 heterocycles. The number of rotatable bonds is 4. The van der Waals surface area contributed by atoms with Gasteiger partial charge in [-0.05, 0) is 33.1 Å². The molecule has 0 unspecified atom stereocenters. The summed E-state index contributed by atoms with van der Waals surface area (Å²) in [6.45, 7) is 8.54. The first-order valence-electron chi connectivity index (χ1n) is 6.07. The van der Waals surface area contributed by atoms with Crippen molar-refractivity contribution in [1.29, 1.82) is 0 Å². The Morgan fingerprint density at radius 2 is 2.00 bits per heavy atom. The summed E-state index contributed by atoms with van der Waals surface area (Å²) in [7, 11) is 0. The topological polar surface area (TPSA) is 29.5 Å². The Balaban J connectivity index is 2.22. The Morgan fingerprint density at radius 3 is 2.47 bits per heavy atom. The van der Waals surface area contributed by atoms with E-state index < -0.39 is 0 Å². The molecule has 1 rings (SSSR count). The maximum atomic E-state index is 11.3. The van der Waals surface area contributed by atoms with Crippen LogP contribution < -0.4 is 0 Å². The third-order valence-corrected chi connectivity index (χ3v) is 2.96. The van der Waals surface area contributed by atoms with Crippen molar-refractivity contribution in [2.45, 2.75) is 58.6 Å². The van der Waals surface area contributed by atoms with Gasteiger partial charge in [-0.2, -0.15) is 0 Å². The largest absolute Gasteiger partial charge is 0.462 e. The van der Waals surface area contributed by atoms with Crippen LogP contribution >= 0.6 is 0 Å². The van der Waals surface area contributed by atoms with Gasteiger partial charge in [0.15, 0.2) is 0 Å². The minimum Gasteiger partial charge on any atom is -0.462 e. The van der Waals surface area contributed by atoms with Crippen LogP contribution in [0.5, 0.6) is 0 Å². The molecule has 0 atom stereocenters. The second-order valence-electron chi connectivity index (χ2n) is 4.57. The quantitative estimate of drug-likeness (QED) is 0.670. The summed E-state index contributed by atoms with van der Waals surface area (Å²) in [4.78, 5) is 13.7. The lowest BCUT2D eigenvalue weighted by Gasteiger charge is -2.34. The third kappa shape index (κ3) is 4.20. The van der Waals surface area contributed by atoms with Crippen molar-refractivity contribution in [2.75, 3.05) is 13.1 Å². The summed E-state index contributed by atoms with van der Waals surface area (Å²) in [6, 6.07) is 0.609. The average Bonchev–Trinajstić information content (AvgIpc) is 2.18. The van der Waals surface area contributed by atoms with E-state index in [4.69, 9.17) is 4.74 Å². The highest BCUT2D eigenvalue weighted by Gasteiger charge is 2.22. The number of likely N-dealkylation sites (tertiary alicyclic amines) is 1. The highest BCUT2D eigenvalue weighted by atomic mass is 16.5. The zero-order chi connectivity index (χ0) is 11.3. The summed E-state index contributed by atoms with van der Waals surface area (Å²) in [5.74, 6) is -0.0273. The molecule has 0 aromatic carbocycles. The van der Waals surface area contributed by atoms with Gasteiger partial charge in [0.2, 0.25) is 0 Å². The summed E-state index contributed by atoms with van der Waals surface area (Å²) in [6.07, 6.45) is 3.59. The van der Waals surface area contributed by atoms with Gasteiger partial charge in [0.25, 0.3) is 0 Å². The zero-order valence-electron chi connectivity index (χ0n) is 10.2. The van der Waals surface area contributed by atoms with Crippen LogP contribution in [0.4, 0.5) is 0 Å². The van der Waals surface area contributed by atoms with Crippen molar-refractivity contribution in [1.82, 2.24) is 4.90 Å². The highest BCUT2D eigenvalue weighted by molar-refractivity contribution is 5.69. The van der Waals surface area contributed by atoms with Crippen LogP contribution in [-0.2, 0) is 9.53 Å². The molecule has 0 N–H and O–H groups in total. The Hall–Kier alpha value is -0.570. The molecular formula is C12H23NO2. The third-order valence-electron chi connectivity index (χ3n) is 2.96. The number of carbonyl (C=O) groups excluding carboxylic acids is 1. The number of carbonyl (C=O) groups is 1. The maximum Gasteiger partial charge on any atom is 0.306 e. The molecule has 0 amide bonds. The zero-order valence-corrected chi connectivity index (χ0v) is 10.2. The maximum absolute atomic E-state index is 11.3. The van der Waals surface area contributed by atoms with E-state index in [1.807, 2.05) is 6.92 Å². The fourth-order valence-electron chi connectivity index (χ4n) is 1.96. The molecule has 0 saturated carbocycles. The summed E-state index contributed by atoms with van der Waals surface area (Å²) >= 11 is 0. The summed E-state index contributed by atoms with van der Waals surface area (Å²) in [5, 5.41) is 0. The van der Waals surface area contributed by atoms with Crippen LogP contribution in [0.3, 0.4) is 0 Å². The molecule has 88 valence electrons. The molecule has 0 radical (unpaired) electrons. The Morgan fingerprint density at radius 1 is 1.40 bits per heavy atom. The minimum absolute atomic E-state index is 0.0273. The number of piperidine rings is 1. The molecular weight excluding hydrogens is 190 g/mol. The first kappa shape index (κ1) is 12.5. The summed E-state index contributed by atoms with van der Waals surface area (Å²) < 4.78 is 5.39. The molecule has 3 heteroatoms. The van der Waals surface area contributed by atoms with Crippen molar-refractivity contribution >= 4 is 5.97 Å². The lowest BCUT2D eigenvalue weighted by molar-refractivity contribution is -0.151. The molecule has 0 aromatic heterocycles. The van der Waals surface area contributed by atoms with Crippen molar-refractivity contribution in [3.63, 3.8) is 0 Å². The lowest BCUT2D eigenvalue weighted by atomic mass is 10.1. The molecule has 1 aliphatic heterocycles. The van der Waals surface area contributed by atoms with Crippen LogP contribution in [-0.4, -0.2) is 36.1 Å². The van der Waals surface area contributed by atoms with Gasteiger partial charge in [-0.1, -0.05) is 6.92 Å². The molecule has 1 fully saturated rings. The first-order chi connectivity index (χ1) is 7.13. The fourth-order valence-corrected chi connectivity index (χ4v) is 1.96. The van der Waals surface area contributed by atoms with Gasteiger partial charge in [0, 0.05) is 25.6 Å². The number of nitrogens with zero attached hydrogens (tertiary/aromatic N) is 1. The Kier molecular flexibility index (Phi) is 5.09. The number of ether oxygens (including phenoxy) is 1. The standard InChI is InChI=1S/C12H23NO2/c1-4-5-12(14)15-11-6-8-13(9-7-11)10(2)3/h10-11H,4-9H2,1-3H3. The van der Waals surface area contributed by atoms with Crippen LogP contribution in [0.25, 0.3) is 0 Å². The minimum atomic E-state index is -0.0273. The van der Waals surface area contributed by atoms with E-state index >= 15 is 0 Å². The Labute approximate surface area is 92.8 Å². The normalized spacial score (nSPS) is 19.5. The Bertz CT molecular complexity index is 196. The molecule has 1 saturated heterocycles. The van der Waals surface area contributed by atoms with Gasteiger partial charge in [-0.3, -0.25) is 4.79 Å². The van der Waals surface area contributed by atoms with Gasteiger partial charge in [0.05, 0.1) is 0 Å². The van der Waals surface area contributed by atoms with E-state index in [0.717, 1.165) is 32.4 Å². The SMILES string of the molecule is CCCC(=O)OC1CCN(C(C)C)CC1. The van der Waals surface area contributed by atoms with E-state index in [2.05, 4.69) is 18.7 Å². The monoisotopic (exact) mass is 213 g/mol. The molecule has 0 bridgehead atoms. The predicted octanol–water partition coefficient (Wildman–Crippen LogP) is 2.20. The van der Waals surface area contributed by atoms with Gasteiger partial charge in [0.1, 0.15) is 6.10 Å². The second-order valence-corrected chi connectivity index (χ2v) is 4.57. The van der Waals surface area contributed by atoms with Crippen molar-refractivity contribution in [2.24, 2.45) is 0 Å². The van der Waals surface area contributed by atoms with Gasteiger partial charge >= 0.3 is 5.97 Å². The van der Waals surface area contributed by atoms with Gasteiger partial charge in [-0.15, -0.1) is 0 Å². The molecule has 1 aliphatic rings. The van der Waals surface area contributed by atoms with Gasteiger partial charge in [-0.25, -0.2) is 0 Å². The van der Waals surface area contributed by atoms with Crippen molar-refractivity contribution < 1.29 is 9.53 Å². The van der Waals surface area contributed by atoms with Crippen LogP contribution in [0.15, 0.2) is 0 Å². The van der Waals surface area contributed by atoms with Gasteiger partial charge < -0.3 is 9.64 Å². The fraction of sp³-hybridized carbons (Fsp3) is 0.917. The lowest BCUT2D eigenvalue weighted by Crippen LogP contribution is -2.41. The number of hydrogen-bond acceptors (Lipinski definition) is 3. The van der Waals surface area contributed by atoms with E-state index in [9.17, 15) is 4.79 Å². The van der Waals surface area contributed by atoms with E-state index in [0.29, 0.717) is 12.5 Å². The number of hydrogen-bond donors (Lipinski definition) is 0. The smallest absolute Gasteiger partial charge is 0.306 e. The molecule has 0 aromatic rings. The van der Waals surface area contributed by atoms with Crippen molar-refractivity contribution in [3.8, 4) is 0 Å². The highest BCUT2D eigenvalue weighted by Crippen LogP contribution is 2.16. The van der Waals surface area contributed by atoms with E-state index in [1.165, 1.54) is 0 Å². The van der Waals surface area contributed by atoms with Crippen molar-refractivity contribution in [3.05, 3.63) is 0 Å². The number of esters is 1.